The molecule has 4 N–H and O–H groups in total. The Balaban J connectivity index is 1.79. The van der Waals surface area contributed by atoms with Crippen LogP contribution < -0.4 is 11.1 Å². The third-order valence-corrected chi connectivity index (χ3v) is 3.61. The number of imidazole rings is 1. The normalized spacial score (nSPS) is 17.0. The Hall–Kier alpha value is -1.89. The summed E-state index contributed by atoms with van der Waals surface area (Å²) in [5.74, 6) is 1.77. The maximum Gasteiger partial charge on any atom is 0.224 e. The Morgan fingerprint density at radius 2 is 2.26 bits per heavy atom. The van der Waals surface area contributed by atoms with Gasteiger partial charge in [-0.3, -0.25) is 0 Å². The van der Waals surface area contributed by atoms with Crippen molar-refractivity contribution in [2.75, 3.05) is 31.7 Å². The van der Waals surface area contributed by atoms with E-state index in [1.54, 1.807) is 6.33 Å². The predicted molar refractivity (Wildman–Crippen MR) is 74.8 cm³/mol. The Bertz CT molecular complexity index is 570. The molecule has 1 unspecified atom stereocenters. The topological polar surface area (TPSA) is 95.8 Å². The molecule has 0 spiro atoms. The van der Waals surface area contributed by atoms with Crippen LogP contribution in [0.5, 0.6) is 0 Å². The first-order chi connectivity index (χ1) is 9.15. The minimum Gasteiger partial charge on any atom is -0.368 e. The summed E-state index contributed by atoms with van der Waals surface area (Å²) in [4.78, 5) is 17.8. The molecule has 7 nitrogen and oxygen atoms in total. The van der Waals surface area contributed by atoms with Gasteiger partial charge in [-0.05, 0) is 32.9 Å². The zero-order chi connectivity index (χ0) is 13.4. The average Bonchev–Trinajstić information content (AvgIpc) is 3.06. The molecule has 3 rings (SSSR count). The van der Waals surface area contributed by atoms with E-state index < -0.39 is 0 Å². The van der Waals surface area contributed by atoms with Crippen molar-refractivity contribution in [2.24, 2.45) is 5.92 Å². The number of H-pyrrole nitrogens is 1. The number of likely N-dealkylation sites (N-methyl/N-ethyl adjacent to an activating group) is 1. The number of aromatic nitrogens is 4. The second-order valence-electron chi connectivity index (χ2n) is 5.28. The highest BCUT2D eigenvalue weighted by Gasteiger charge is 2.32. The van der Waals surface area contributed by atoms with E-state index in [4.69, 9.17) is 5.73 Å². The van der Waals surface area contributed by atoms with Crippen molar-refractivity contribution in [2.45, 2.75) is 18.9 Å². The molecule has 1 aliphatic rings. The van der Waals surface area contributed by atoms with Crippen molar-refractivity contribution in [1.29, 1.82) is 0 Å². The van der Waals surface area contributed by atoms with Crippen molar-refractivity contribution in [1.82, 2.24) is 24.8 Å². The summed E-state index contributed by atoms with van der Waals surface area (Å²) in [6.07, 6.45) is 4.24. The zero-order valence-electron chi connectivity index (χ0n) is 11.2. The first-order valence-electron chi connectivity index (χ1n) is 6.52. The van der Waals surface area contributed by atoms with Crippen molar-refractivity contribution < 1.29 is 0 Å². The van der Waals surface area contributed by atoms with Crippen molar-refractivity contribution >= 4 is 22.9 Å². The van der Waals surface area contributed by atoms with Gasteiger partial charge in [-0.15, -0.1) is 0 Å². The number of hydrogen-bond acceptors (Lipinski definition) is 6. The van der Waals surface area contributed by atoms with Crippen LogP contribution in [0.15, 0.2) is 6.33 Å². The third-order valence-electron chi connectivity index (χ3n) is 3.61. The summed E-state index contributed by atoms with van der Waals surface area (Å²) < 4.78 is 0. The second-order valence-corrected chi connectivity index (χ2v) is 5.28. The van der Waals surface area contributed by atoms with Gasteiger partial charge in [-0.2, -0.15) is 9.97 Å². The van der Waals surface area contributed by atoms with E-state index in [2.05, 4.69) is 44.2 Å². The molecule has 0 saturated heterocycles. The molecule has 1 atom stereocenters. The van der Waals surface area contributed by atoms with Gasteiger partial charge in [0.2, 0.25) is 5.95 Å². The number of nitrogens with zero attached hydrogens (tertiary/aromatic N) is 4. The van der Waals surface area contributed by atoms with E-state index in [1.165, 1.54) is 12.8 Å². The van der Waals surface area contributed by atoms with Crippen LogP contribution >= 0.6 is 0 Å². The van der Waals surface area contributed by atoms with Gasteiger partial charge in [-0.1, -0.05) is 0 Å². The van der Waals surface area contributed by atoms with E-state index in [0.717, 1.165) is 23.8 Å². The van der Waals surface area contributed by atoms with Gasteiger partial charge < -0.3 is 20.9 Å². The fourth-order valence-corrected chi connectivity index (χ4v) is 2.43. The molecule has 0 amide bonds. The largest absolute Gasteiger partial charge is 0.368 e. The van der Waals surface area contributed by atoms with Crippen molar-refractivity contribution in [3.05, 3.63) is 6.33 Å². The molecule has 0 bridgehead atoms. The van der Waals surface area contributed by atoms with Crippen molar-refractivity contribution in [3.63, 3.8) is 0 Å². The number of anilines is 2. The number of rotatable bonds is 5. The number of fused-ring (bicyclic) bond motifs is 1. The van der Waals surface area contributed by atoms with Crippen molar-refractivity contribution in [3.8, 4) is 0 Å². The lowest BCUT2D eigenvalue weighted by atomic mass is 10.1. The molecular weight excluding hydrogens is 242 g/mol. The molecule has 1 saturated carbocycles. The molecule has 2 aromatic heterocycles. The summed E-state index contributed by atoms with van der Waals surface area (Å²) >= 11 is 0. The maximum atomic E-state index is 5.70. The quantitative estimate of drug-likeness (QED) is 0.733. The first-order valence-corrected chi connectivity index (χ1v) is 6.52. The van der Waals surface area contributed by atoms with Gasteiger partial charge in [0.1, 0.15) is 5.52 Å². The Kier molecular flexibility index (Phi) is 2.98. The van der Waals surface area contributed by atoms with Gasteiger partial charge in [0.25, 0.3) is 0 Å². The summed E-state index contributed by atoms with van der Waals surface area (Å²) in [7, 11) is 4.23. The van der Waals surface area contributed by atoms with Crippen LogP contribution in [-0.4, -0.2) is 51.5 Å². The fraction of sp³-hybridized carbons (Fsp3) is 0.583. The number of hydrogen-bond donors (Lipinski definition) is 3. The Morgan fingerprint density at radius 3 is 2.95 bits per heavy atom. The van der Waals surface area contributed by atoms with Gasteiger partial charge in [-0.25, -0.2) is 4.98 Å². The SMILES string of the molecule is CN(C)C(CNc1nc(N)nc2nc[nH]c12)C1CC1. The number of aromatic amines is 1. The lowest BCUT2D eigenvalue weighted by Gasteiger charge is -2.24. The standard InChI is InChI=1S/C12H19N7/c1-19(2)8(7-3-4-7)5-14-10-9-11(16-6-15-9)18-12(13)17-10/h6-8H,3-5H2,1-2H3,(H4,13,14,15,16,17,18). The van der Waals surface area contributed by atoms with E-state index in [1.807, 2.05) is 0 Å². The molecule has 0 aliphatic heterocycles. The fourth-order valence-electron chi connectivity index (χ4n) is 2.43. The molecule has 0 aromatic carbocycles. The third kappa shape index (κ3) is 2.46. The smallest absolute Gasteiger partial charge is 0.224 e. The number of nitrogens with two attached hydrogens (primary N) is 1. The minimum atomic E-state index is 0.245. The van der Waals surface area contributed by atoms with Crippen LogP contribution in [-0.2, 0) is 0 Å². The van der Waals surface area contributed by atoms with E-state index in [9.17, 15) is 0 Å². The lowest BCUT2D eigenvalue weighted by Crippen LogP contribution is -2.36. The molecule has 1 aliphatic carbocycles. The molecule has 19 heavy (non-hydrogen) atoms. The van der Waals surface area contributed by atoms with Crippen LogP contribution in [0.2, 0.25) is 0 Å². The van der Waals surface area contributed by atoms with Crippen LogP contribution in [0, 0.1) is 5.92 Å². The van der Waals surface area contributed by atoms with Gasteiger partial charge in [0.05, 0.1) is 6.33 Å². The number of nitrogen functional groups attached to an aromatic ring is 1. The maximum absolute atomic E-state index is 5.70. The Labute approximate surface area is 111 Å². The molecular formula is C12H19N7. The molecule has 102 valence electrons. The van der Waals surface area contributed by atoms with E-state index >= 15 is 0 Å². The molecule has 0 radical (unpaired) electrons. The van der Waals surface area contributed by atoms with E-state index in [0.29, 0.717) is 11.7 Å². The summed E-state index contributed by atoms with van der Waals surface area (Å²) in [5, 5.41) is 3.37. The van der Waals surface area contributed by atoms with Crippen LogP contribution in [0.4, 0.5) is 11.8 Å². The lowest BCUT2D eigenvalue weighted by molar-refractivity contribution is 0.276. The van der Waals surface area contributed by atoms with Gasteiger partial charge in [0.15, 0.2) is 11.5 Å². The molecule has 7 heteroatoms. The highest BCUT2D eigenvalue weighted by atomic mass is 15.2. The predicted octanol–water partition coefficient (Wildman–Crippen LogP) is 0.687. The van der Waals surface area contributed by atoms with Crippen LogP contribution in [0.3, 0.4) is 0 Å². The molecule has 2 aromatic rings. The summed E-state index contributed by atoms with van der Waals surface area (Å²) in [6.45, 7) is 0.849. The zero-order valence-corrected chi connectivity index (χ0v) is 11.2. The highest BCUT2D eigenvalue weighted by molar-refractivity contribution is 5.83. The summed E-state index contributed by atoms with van der Waals surface area (Å²) in [5.41, 5.74) is 7.10. The second kappa shape index (κ2) is 4.65. The van der Waals surface area contributed by atoms with Gasteiger partial charge >= 0.3 is 0 Å². The molecule has 1 fully saturated rings. The average molecular weight is 261 g/mol. The minimum absolute atomic E-state index is 0.245. The first kappa shape index (κ1) is 12.2. The monoisotopic (exact) mass is 261 g/mol. The van der Waals surface area contributed by atoms with Crippen LogP contribution in [0.25, 0.3) is 11.2 Å². The summed E-state index contributed by atoms with van der Waals surface area (Å²) in [6, 6.07) is 0.522. The molecule has 2 heterocycles. The highest BCUT2D eigenvalue weighted by Crippen LogP contribution is 2.34. The van der Waals surface area contributed by atoms with E-state index in [-0.39, 0.29) is 5.95 Å². The van der Waals surface area contributed by atoms with Gasteiger partial charge in [0, 0.05) is 12.6 Å². The Morgan fingerprint density at radius 1 is 1.47 bits per heavy atom. The van der Waals surface area contributed by atoms with Crippen LogP contribution in [0.1, 0.15) is 12.8 Å². The number of nitrogens with one attached hydrogen (secondary N) is 2.